The van der Waals surface area contributed by atoms with E-state index in [4.69, 9.17) is 4.74 Å². The summed E-state index contributed by atoms with van der Waals surface area (Å²) < 4.78 is 10.5. The molecule has 6 nitrogen and oxygen atoms in total. The Morgan fingerprint density at radius 3 is 2.67 bits per heavy atom. The molecule has 1 aromatic rings. The van der Waals surface area contributed by atoms with E-state index in [9.17, 15) is 4.79 Å². The number of methoxy groups -OCH3 is 1. The lowest BCUT2D eigenvalue weighted by Crippen LogP contribution is -2.42. The summed E-state index contributed by atoms with van der Waals surface area (Å²) >= 11 is 0. The van der Waals surface area contributed by atoms with E-state index < -0.39 is 0 Å². The van der Waals surface area contributed by atoms with Crippen molar-refractivity contribution in [3.8, 4) is 5.75 Å². The normalized spacial score (nSPS) is 12.4. The van der Waals surface area contributed by atoms with Gasteiger partial charge in [-0.2, -0.15) is 0 Å². The number of hydrogen-bond donors (Lipinski definition) is 2. The van der Waals surface area contributed by atoms with Crippen molar-refractivity contribution in [2.45, 2.75) is 39.2 Å². The lowest BCUT2D eigenvalue weighted by molar-refractivity contribution is -0.140. The third-order valence-electron chi connectivity index (χ3n) is 3.53. The molecule has 0 spiro atoms. The van der Waals surface area contributed by atoms with Gasteiger partial charge in [0.15, 0.2) is 5.96 Å². The number of benzene rings is 1. The number of hydrogen-bond acceptors (Lipinski definition) is 4. The largest absolute Gasteiger partial charge is 0.489 e. The average Bonchev–Trinajstić information content (AvgIpc) is 2.59. The molecule has 1 unspecified atom stereocenters. The molecule has 2 N–H and O–H groups in total. The number of esters is 1. The number of ether oxygens (including phenoxy) is 2. The Bertz CT molecular complexity index is 532. The molecule has 0 aliphatic heterocycles. The lowest BCUT2D eigenvalue weighted by atomic mass is 10.2. The molecule has 0 saturated carbocycles. The van der Waals surface area contributed by atoms with Crippen LogP contribution >= 0.6 is 0 Å². The molecule has 0 radical (unpaired) electrons. The molecule has 1 atom stereocenters. The third-order valence-corrected chi connectivity index (χ3v) is 3.53. The van der Waals surface area contributed by atoms with Gasteiger partial charge in [0.1, 0.15) is 11.9 Å². The smallest absolute Gasteiger partial charge is 0.305 e. The number of carbonyl (C=O) groups is 1. The Morgan fingerprint density at radius 2 is 2.00 bits per heavy atom. The molecule has 1 aromatic carbocycles. The van der Waals surface area contributed by atoms with Gasteiger partial charge in [-0.3, -0.25) is 9.79 Å². The van der Waals surface area contributed by atoms with E-state index >= 15 is 0 Å². The van der Waals surface area contributed by atoms with Gasteiger partial charge < -0.3 is 20.1 Å². The van der Waals surface area contributed by atoms with Gasteiger partial charge in [0.25, 0.3) is 0 Å². The van der Waals surface area contributed by atoms with Crippen LogP contribution < -0.4 is 15.4 Å². The van der Waals surface area contributed by atoms with Crippen molar-refractivity contribution in [1.82, 2.24) is 10.6 Å². The molecule has 0 bridgehead atoms. The summed E-state index contributed by atoms with van der Waals surface area (Å²) in [7, 11) is 3.14. The summed E-state index contributed by atoms with van der Waals surface area (Å²) in [6.07, 6.45) is 2.14. The quantitative estimate of drug-likeness (QED) is 0.313. The maximum Gasteiger partial charge on any atom is 0.305 e. The standard InChI is InChI=1S/C18H29N3O3/c1-14-9-5-6-10-16(14)24-15(2)13-21-18(19-3)20-12-8-7-11-17(22)23-4/h5-6,9-10,15H,7-8,11-13H2,1-4H3,(H2,19,20,21). The molecule has 24 heavy (non-hydrogen) atoms. The van der Waals surface area contributed by atoms with Crippen LogP contribution in [0.15, 0.2) is 29.3 Å². The Kier molecular flexibility index (Phi) is 9.34. The van der Waals surface area contributed by atoms with Crippen LogP contribution in [0.25, 0.3) is 0 Å². The first-order chi connectivity index (χ1) is 11.6. The summed E-state index contributed by atoms with van der Waals surface area (Å²) in [5.74, 6) is 1.46. The molecule has 6 heteroatoms. The van der Waals surface area contributed by atoms with E-state index in [1.54, 1.807) is 7.05 Å². The fraction of sp³-hybridized carbons (Fsp3) is 0.556. The van der Waals surface area contributed by atoms with Crippen molar-refractivity contribution in [2.75, 3.05) is 27.2 Å². The third kappa shape index (κ3) is 7.85. The van der Waals surface area contributed by atoms with Crippen molar-refractivity contribution in [1.29, 1.82) is 0 Å². The molecule has 134 valence electrons. The number of rotatable bonds is 9. The van der Waals surface area contributed by atoms with E-state index in [0.717, 1.165) is 36.7 Å². The topological polar surface area (TPSA) is 72.0 Å². The number of aryl methyl sites for hydroxylation is 1. The zero-order valence-electron chi connectivity index (χ0n) is 15.1. The summed E-state index contributed by atoms with van der Waals surface area (Å²) in [6.45, 7) is 5.45. The van der Waals surface area contributed by atoms with Gasteiger partial charge in [-0.15, -0.1) is 0 Å². The molecule has 0 fully saturated rings. The van der Waals surface area contributed by atoms with Gasteiger partial charge in [-0.05, 0) is 38.3 Å². The average molecular weight is 335 g/mol. The van der Waals surface area contributed by atoms with Crippen LogP contribution in [0, 0.1) is 6.92 Å². The van der Waals surface area contributed by atoms with Gasteiger partial charge in [-0.1, -0.05) is 18.2 Å². The number of carbonyl (C=O) groups excluding carboxylic acids is 1. The van der Waals surface area contributed by atoms with Crippen LogP contribution in [0.2, 0.25) is 0 Å². The SMILES string of the molecule is CN=C(NCCCCC(=O)OC)NCC(C)Oc1ccccc1C. The minimum absolute atomic E-state index is 0.0176. The Labute approximate surface area is 144 Å². The number of aliphatic imine (C=N–C) groups is 1. The maximum atomic E-state index is 11.0. The molecule has 0 aliphatic rings. The fourth-order valence-electron chi connectivity index (χ4n) is 2.11. The highest BCUT2D eigenvalue weighted by molar-refractivity contribution is 5.79. The second-order valence-electron chi connectivity index (χ2n) is 5.61. The highest BCUT2D eigenvalue weighted by Gasteiger charge is 2.07. The highest BCUT2D eigenvalue weighted by atomic mass is 16.5. The lowest BCUT2D eigenvalue weighted by Gasteiger charge is -2.18. The number of guanidine groups is 1. The molecule has 0 aliphatic carbocycles. The van der Waals surface area contributed by atoms with E-state index in [-0.39, 0.29) is 12.1 Å². The van der Waals surface area contributed by atoms with Crippen LogP contribution in [0.3, 0.4) is 0 Å². The van der Waals surface area contributed by atoms with Crippen molar-refractivity contribution in [3.63, 3.8) is 0 Å². The first kappa shape index (κ1) is 19.8. The predicted octanol–water partition coefficient (Wildman–Crippen LogP) is 2.27. The molecule has 0 aromatic heterocycles. The van der Waals surface area contributed by atoms with E-state index in [1.807, 2.05) is 38.1 Å². The number of unbranched alkanes of at least 4 members (excludes halogenated alkanes) is 1. The Hall–Kier alpha value is -2.24. The molecule has 0 amide bonds. The van der Waals surface area contributed by atoms with Crippen molar-refractivity contribution < 1.29 is 14.3 Å². The van der Waals surface area contributed by atoms with Gasteiger partial charge >= 0.3 is 5.97 Å². The Morgan fingerprint density at radius 1 is 1.25 bits per heavy atom. The van der Waals surface area contributed by atoms with Crippen LogP contribution in [0.5, 0.6) is 5.75 Å². The monoisotopic (exact) mass is 335 g/mol. The number of nitrogens with one attached hydrogen (secondary N) is 2. The fourth-order valence-corrected chi connectivity index (χ4v) is 2.11. The van der Waals surface area contributed by atoms with Crippen LogP contribution in [-0.4, -0.2) is 45.3 Å². The zero-order valence-corrected chi connectivity index (χ0v) is 15.1. The van der Waals surface area contributed by atoms with Crippen LogP contribution in [-0.2, 0) is 9.53 Å². The minimum atomic E-state index is -0.167. The van der Waals surface area contributed by atoms with Gasteiger partial charge in [0, 0.05) is 20.0 Å². The maximum absolute atomic E-state index is 11.0. The zero-order chi connectivity index (χ0) is 17.8. The molecular formula is C18H29N3O3. The second kappa shape index (κ2) is 11.3. The highest BCUT2D eigenvalue weighted by Crippen LogP contribution is 2.17. The summed E-state index contributed by atoms with van der Waals surface area (Å²) in [4.78, 5) is 15.2. The summed E-state index contributed by atoms with van der Waals surface area (Å²) in [6, 6.07) is 7.97. The van der Waals surface area contributed by atoms with Crippen molar-refractivity contribution in [3.05, 3.63) is 29.8 Å². The van der Waals surface area contributed by atoms with Gasteiger partial charge in [-0.25, -0.2) is 0 Å². The van der Waals surface area contributed by atoms with Crippen LogP contribution in [0.1, 0.15) is 31.7 Å². The molecular weight excluding hydrogens is 306 g/mol. The van der Waals surface area contributed by atoms with E-state index in [1.165, 1.54) is 7.11 Å². The first-order valence-corrected chi connectivity index (χ1v) is 8.30. The first-order valence-electron chi connectivity index (χ1n) is 8.30. The minimum Gasteiger partial charge on any atom is -0.489 e. The van der Waals surface area contributed by atoms with E-state index in [0.29, 0.717) is 13.0 Å². The van der Waals surface area contributed by atoms with Crippen molar-refractivity contribution >= 4 is 11.9 Å². The second-order valence-corrected chi connectivity index (χ2v) is 5.61. The molecule has 1 rings (SSSR count). The van der Waals surface area contributed by atoms with Crippen molar-refractivity contribution in [2.24, 2.45) is 4.99 Å². The summed E-state index contributed by atoms with van der Waals surface area (Å²) in [5, 5.41) is 6.46. The molecule has 0 saturated heterocycles. The summed E-state index contributed by atoms with van der Waals surface area (Å²) in [5.41, 5.74) is 1.12. The van der Waals surface area contributed by atoms with Crippen LogP contribution in [0.4, 0.5) is 0 Å². The van der Waals surface area contributed by atoms with Gasteiger partial charge in [0.05, 0.1) is 13.7 Å². The molecule has 0 heterocycles. The van der Waals surface area contributed by atoms with E-state index in [2.05, 4.69) is 20.4 Å². The van der Waals surface area contributed by atoms with Gasteiger partial charge in [0.2, 0.25) is 0 Å². The number of para-hydroxylation sites is 1. The Balaban J connectivity index is 2.23. The predicted molar refractivity (Wildman–Crippen MR) is 96.5 cm³/mol. The number of nitrogens with zero attached hydrogens (tertiary/aromatic N) is 1.